The summed E-state index contributed by atoms with van der Waals surface area (Å²) in [6.07, 6.45) is 6.18. The molecule has 140 valence electrons. The van der Waals surface area contributed by atoms with E-state index >= 15 is 0 Å². The van der Waals surface area contributed by atoms with E-state index in [1.165, 1.54) is 32.1 Å². The number of carbonyl (C=O) groups is 2. The molecule has 0 amide bonds. The SMILES string of the molecule is CC1(C(=O)COc2cccc(OCC(=O)O)c2)C2CC3CC(C2)CC1C3. The molecule has 26 heavy (non-hydrogen) atoms. The number of ether oxygens (including phenoxy) is 2. The third-order valence-electron chi connectivity index (χ3n) is 6.97. The Morgan fingerprint density at radius 1 is 1.00 bits per heavy atom. The molecular formula is C21H26O5. The molecule has 0 heterocycles. The Kier molecular flexibility index (Phi) is 4.41. The number of carboxylic acid groups (broad SMARTS) is 1. The minimum Gasteiger partial charge on any atom is -0.486 e. The van der Waals surface area contributed by atoms with Gasteiger partial charge in [-0.25, -0.2) is 4.79 Å². The number of Topliss-reactive ketones (excluding diaryl/α,β-unsaturated/α-hetero) is 1. The fraction of sp³-hybridized carbons (Fsp3) is 0.619. The van der Waals surface area contributed by atoms with E-state index in [-0.39, 0.29) is 17.8 Å². The summed E-state index contributed by atoms with van der Waals surface area (Å²) in [5.74, 6) is 2.85. The Labute approximate surface area is 153 Å². The second kappa shape index (κ2) is 6.60. The Balaban J connectivity index is 1.40. The molecule has 4 saturated carbocycles. The first-order valence-electron chi connectivity index (χ1n) is 9.56. The Hall–Kier alpha value is -2.04. The first kappa shape index (κ1) is 17.4. The first-order chi connectivity index (χ1) is 12.4. The van der Waals surface area contributed by atoms with Crippen molar-refractivity contribution in [3.05, 3.63) is 24.3 Å². The lowest BCUT2D eigenvalue weighted by Crippen LogP contribution is -2.56. The van der Waals surface area contributed by atoms with Crippen molar-refractivity contribution in [2.75, 3.05) is 13.2 Å². The first-order valence-corrected chi connectivity index (χ1v) is 9.56. The normalized spacial score (nSPS) is 34.5. The summed E-state index contributed by atoms with van der Waals surface area (Å²) in [5, 5.41) is 8.69. The second-order valence-corrected chi connectivity index (χ2v) is 8.46. The van der Waals surface area contributed by atoms with Crippen LogP contribution in [0.25, 0.3) is 0 Å². The number of ketones is 1. The van der Waals surface area contributed by atoms with Crippen molar-refractivity contribution in [2.45, 2.75) is 39.0 Å². The van der Waals surface area contributed by atoms with Crippen LogP contribution in [0, 0.1) is 29.1 Å². The quantitative estimate of drug-likeness (QED) is 0.807. The van der Waals surface area contributed by atoms with Gasteiger partial charge in [-0.2, -0.15) is 0 Å². The zero-order valence-electron chi connectivity index (χ0n) is 15.1. The van der Waals surface area contributed by atoms with Crippen LogP contribution in [0.3, 0.4) is 0 Å². The van der Waals surface area contributed by atoms with Crippen LogP contribution in [0.5, 0.6) is 11.5 Å². The lowest BCUT2D eigenvalue weighted by molar-refractivity contribution is -0.155. The highest BCUT2D eigenvalue weighted by atomic mass is 16.5. The molecule has 0 atom stereocenters. The van der Waals surface area contributed by atoms with Crippen molar-refractivity contribution in [3.63, 3.8) is 0 Å². The fourth-order valence-corrected chi connectivity index (χ4v) is 5.72. The number of hydrogen-bond acceptors (Lipinski definition) is 4. The van der Waals surface area contributed by atoms with Crippen molar-refractivity contribution in [2.24, 2.45) is 29.1 Å². The molecule has 1 N–H and O–H groups in total. The lowest BCUT2D eigenvalue weighted by Gasteiger charge is -2.59. The van der Waals surface area contributed by atoms with Gasteiger partial charge in [0.1, 0.15) is 18.1 Å². The van der Waals surface area contributed by atoms with Crippen LogP contribution >= 0.6 is 0 Å². The summed E-state index contributed by atoms with van der Waals surface area (Å²) in [4.78, 5) is 23.7. The molecule has 1 aromatic rings. The van der Waals surface area contributed by atoms with Gasteiger partial charge < -0.3 is 14.6 Å². The summed E-state index contributed by atoms with van der Waals surface area (Å²) in [6.45, 7) is 1.84. The maximum Gasteiger partial charge on any atom is 0.341 e. The van der Waals surface area contributed by atoms with E-state index in [0.717, 1.165) is 11.8 Å². The van der Waals surface area contributed by atoms with Crippen LogP contribution in [0.4, 0.5) is 0 Å². The van der Waals surface area contributed by atoms with Gasteiger partial charge in [-0.15, -0.1) is 0 Å². The van der Waals surface area contributed by atoms with E-state index in [0.29, 0.717) is 23.3 Å². The molecule has 4 aliphatic carbocycles. The molecule has 0 radical (unpaired) electrons. The largest absolute Gasteiger partial charge is 0.486 e. The minimum atomic E-state index is -1.03. The van der Waals surface area contributed by atoms with E-state index in [1.54, 1.807) is 24.3 Å². The average Bonchev–Trinajstić information content (AvgIpc) is 2.62. The predicted molar refractivity (Wildman–Crippen MR) is 95.2 cm³/mol. The molecule has 4 fully saturated rings. The van der Waals surface area contributed by atoms with Gasteiger partial charge in [-0.1, -0.05) is 13.0 Å². The van der Waals surface area contributed by atoms with Gasteiger partial charge >= 0.3 is 5.97 Å². The number of carbonyl (C=O) groups excluding carboxylic acids is 1. The molecule has 0 aromatic heterocycles. The van der Waals surface area contributed by atoms with Crippen molar-refractivity contribution in [1.29, 1.82) is 0 Å². The highest BCUT2D eigenvalue weighted by molar-refractivity contribution is 5.87. The fourth-order valence-electron chi connectivity index (χ4n) is 5.72. The zero-order valence-corrected chi connectivity index (χ0v) is 15.1. The van der Waals surface area contributed by atoms with Crippen LogP contribution in [0.1, 0.15) is 39.0 Å². The molecule has 1 aromatic carbocycles. The molecular weight excluding hydrogens is 332 g/mol. The van der Waals surface area contributed by atoms with Crippen molar-refractivity contribution in [1.82, 2.24) is 0 Å². The molecule has 5 nitrogen and oxygen atoms in total. The van der Waals surface area contributed by atoms with Crippen LogP contribution in [-0.4, -0.2) is 30.1 Å². The van der Waals surface area contributed by atoms with Gasteiger partial charge in [0, 0.05) is 11.5 Å². The summed E-state index contributed by atoms with van der Waals surface area (Å²) >= 11 is 0. The van der Waals surface area contributed by atoms with E-state index in [1.807, 2.05) is 0 Å². The molecule has 0 aliphatic heterocycles. The van der Waals surface area contributed by atoms with Crippen LogP contribution in [0.2, 0.25) is 0 Å². The van der Waals surface area contributed by atoms with E-state index < -0.39 is 12.6 Å². The third-order valence-corrected chi connectivity index (χ3v) is 6.97. The number of rotatable bonds is 7. The maximum atomic E-state index is 13.1. The van der Waals surface area contributed by atoms with Gasteiger partial charge in [0.25, 0.3) is 0 Å². The number of hydrogen-bond donors (Lipinski definition) is 1. The van der Waals surface area contributed by atoms with Gasteiger partial charge in [-0.3, -0.25) is 4.79 Å². The molecule has 0 spiro atoms. The van der Waals surface area contributed by atoms with Crippen molar-refractivity contribution < 1.29 is 24.2 Å². The number of benzene rings is 1. The van der Waals surface area contributed by atoms with Gasteiger partial charge in [0.2, 0.25) is 0 Å². The van der Waals surface area contributed by atoms with Crippen LogP contribution < -0.4 is 9.47 Å². The van der Waals surface area contributed by atoms with Crippen LogP contribution in [0.15, 0.2) is 24.3 Å². The molecule has 4 aliphatic rings. The minimum absolute atomic E-state index is 0.0707. The zero-order chi connectivity index (χ0) is 18.3. The Morgan fingerprint density at radius 3 is 2.08 bits per heavy atom. The van der Waals surface area contributed by atoms with E-state index in [2.05, 4.69) is 6.92 Å². The van der Waals surface area contributed by atoms with Gasteiger partial charge in [-0.05, 0) is 67.9 Å². The van der Waals surface area contributed by atoms with Gasteiger partial charge in [0.05, 0.1) is 0 Å². The standard InChI is InChI=1S/C21H26O5/c1-21(15-6-13-5-14(8-15)9-16(21)7-13)19(22)11-25-17-3-2-4-18(10-17)26-12-20(23)24/h2-4,10,13-16H,5-9,11-12H2,1H3,(H,23,24). The third kappa shape index (κ3) is 3.08. The van der Waals surface area contributed by atoms with Crippen molar-refractivity contribution >= 4 is 11.8 Å². The Bertz CT molecular complexity index is 682. The van der Waals surface area contributed by atoms with Crippen molar-refractivity contribution in [3.8, 4) is 11.5 Å². The van der Waals surface area contributed by atoms with E-state index in [9.17, 15) is 9.59 Å². The molecule has 0 unspecified atom stereocenters. The smallest absolute Gasteiger partial charge is 0.341 e. The van der Waals surface area contributed by atoms with Gasteiger partial charge in [0.15, 0.2) is 12.4 Å². The molecule has 0 saturated heterocycles. The number of aliphatic carboxylic acids is 1. The molecule has 4 bridgehead atoms. The monoisotopic (exact) mass is 358 g/mol. The van der Waals surface area contributed by atoms with Crippen LogP contribution in [-0.2, 0) is 9.59 Å². The highest BCUT2D eigenvalue weighted by Crippen LogP contribution is 2.62. The second-order valence-electron chi connectivity index (χ2n) is 8.46. The topological polar surface area (TPSA) is 72.8 Å². The Morgan fingerprint density at radius 2 is 1.54 bits per heavy atom. The highest BCUT2D eigenvalue weighted by Gasteiger charge is 2.57. The van der Waals surface area contributed by atoms with E-state index in [4.69, 9.17) is 14.6 Å². The molecule has 5 rings (SSSR count). The molecule has 5 heteroatoms. The summed E-state index contributed by atoms with van der Waals surface area (Å²) in [5.41, 5.74) is -0.245. The summed E-state index contributed by atoms with van der Waals surface area (Å²) < 4.78 is 10.9. The lowest BCUT2D eigenvalue weighted by atomic mass is 9.45. The predicted octanol–water partition coefficient (Wildman–Crippen LogP) is 3.56. The maximum absolute atomic E-state index is 13.1. The number of carboxylic acids is 1. The summed E-state index contributed by atoms with van der Waals surface area (Å²) in [7, 11) is 0. The average molecular weight is 358 g/mol. The summed E-state index contributed by atoms with van der Waals surface area (Å²) in [6, 6.07) is 6.81.